The Hall–Kier alpha value is -2.28. The van der Waals surface area contributed by atoms with E-state index in [4.69, 9.17) is 22.1 Å². The van der Waals surface area contributed by atoms with Gasteiger partial charge < -0.3 is 20.8 Å². The molecule has 140 valence electrons. The predicted molar refractivity (Wildman–Crippen MR) is 111 cm³/mol. The first kappa shape index (κ1) is 18.1. The molecule has 5 nitrogen and oxygen atoms in total. The summed E-state index contributed by atoms with van der Waals surface area (Å²) in [6.07, 6.45) is 0. The number of fused-ring (bicyclic) bond motifs is 3. The lowest BCUT2D eigenvalue weighted by Crippen LogP contribution is -2.28. The summed E-state index contributed by atoms with van der Waals surface area (Å²) >= 11 is 7.91. The van der Waals surface area contributed by atoms with Crippen LogP contribution in [0.2, 0.25) is 0 Å². The SMILES string of the molecule is COC1=C(c2ccc(C(C)CN)cc2)c2c([nH]c(=O)c3sccc23)C(Cl)N1. The number of halogens is 1. The third-order valence-electron chi connectivity index (χ3n) is 4.97. The maximum Gasteiger partial charge on any atom is 0.266 e. The summed E-state index contributed by atoms with van der Waals surface area (Å²) < 4.78 is 6.30. The molecule has 3 aromatic rings. The number of alkyl halides is 1. The Morgan fingerprint density at radius 3 is 2.70 bits per heavy atom. The fourth-order valence-corrected chi connectivity index (χ4v) is 4.51. The van der Waals surface area contributed by atoms with Crippen molar-refractivity contribution in [2.24, 2.45) is 5.73 Å². The van der Waals surface area contributed by atoms with Crippen LogP contribution in [0, 0.1) is 0 Å². The quantitative estimate of drug-likeness (QED) is 0.458. The van der Waals surface area contributed by atoms with Gasteiger partial charge in [0.25, 0.3) is 5.56 Å². The monoisotopic (exact) mass is 401 g/mol. The summed E-state index contributed by atoms with van der Waals surface area (Å²) in [5.74, 6) is 0.875. The molecule has 2 atom stereocenters. The van der Waals surface area contributed by atoms with E-state index in [0.717, 1.165) is 22.1 Å². The van der Waals surface area contributed by atoms with E-state index in [1.165, 1.54) is 16.9 Å². The van der Waals surface area contributed by atoms with Gasteiger partial charge in [-0.2, -0.15) is 0 Å². The van der Waals surface area contributed by atoms with Crippen LogP contribution in [0.3, 0.4) is 0 Å². The Morgan fingerprint density at radius 1 is 1.30 bits per heavy atom. The van der Waals surface area contributed by atoms with Gasteiger partial charge in [-0.15, -0.1) is 11.3 Å². The van der Waals surface area contributed by atoms with Gasteiger partial charge >= 0.3 is 0 Å². The van der Waals surface area contributed by atoms with Gasteiger partial charge in [-0.05, 0) is 35.0 Å². The molecular formula is C20H20ClN3O2S. The van der Waals surface area contributed by atoms with E-state index in [9.17, 15) is 4.79 Å². The van der Waals surface area contributed by atoms with Crippen molar-refractivity contribution in [2.75, 3.05) is 13.7 Å². The maximum atomic E-state index is 12.4. The summed E-state index contributed by atoms with van der Waals surface area (Å²) in [5, 5.41) is 5.94. The first-order chi connectivity index (χ1) is 13.0. The van der Waals surface area contributed by atoms with E-state index in [1.807, 2.05) is 11.4 Å². The average Bonchev–Trinajstić information content (AvgIpc) is 3.18. The van der Waals surface area contributed by atoms with Crippen LogP contribution in [0.5, 0.6) is 0 Å². The Morgan fingerprint density at radius 2 is 2.04 bits per heavy atom. The molecule has 2 unspecified atom stereocenters. The number of hydrogen-bond acceptors (Lipinski definition) is 5. The van der Waals surface area contributed by atoms with Crippen LogP contribution in [0.4, 0.5) is 0 Å². The van der Waals surface area contributed by atoms with Gasteiger partial charge in [-0.3, -0.25) is 4.79 Å². The number of ether oxygens (including phenoxy) is 1. The van der Waals surface area contributed by atoms with Crippen molar-refractivity contribution in [3.05, 3.63) is 74.3 Å². The number of nitrogens with one attached hydrogen (secondary N) is 2. The Labute approximate surface area is 165 Å². The van der Waals surface area contributed by atoms with E-state index in [2.05, 4.69) is 41.5 Å². The number of rotatable bonds is 4. The number of H-pyrrole nitrogens is 1. The third-order valence-corrected chi connectivity index (χ3v) is 6.21. The lowest BCUT2D eigenvalue weighted by Gasteiger charge is -2.28. The summed E-state index contributed by atoms with van der Waals surface area (Å²) in [4.78, 5) is 15.4. The zero-order valence-corrected chi connectivity index (χ0v) is 16.6. The molecule has 0 bridgehead atoms. The van der Waals surface area contributed by atoms with Crippen LogP contribution in [0.15, 0.2) is 46.4 Å². The zero-order chi connectivity index (χ0) is 19.1. The molecule has 27 heavy (non-hydrogen) atoms. The highest BCUT2D eigenvalue weighted by Crippen LogP contribution is 2.41. The second-order valence-corrected chi connectivity index (χ2v) is 7.93. The van der Waals surface area contributed by atoms with Crippen LogP contribution in [0.25, 0.3) is 15.7 Å². The highest BCUT2D eigenvalue weighted by atomic mass is 35.5. The lowest BCUT2D eigenvalue weighted by atomic mass is 9.90. The minimum atomic E-state index is -0.577. The van der Waals surface area contributed by atoms with E-state index in [0.29, 0.717) is 28.7 Å². The highest BCUT2D eigenvalue weighted by molar-refractivity contribution is 7.17. The molecule has 1 aromatic carbocycles. The molecule has 3 heterocycles. The number of aromatic amines is 1. The summed E-state index contributed by atoms with van der Waals surface area (Å²) in [5.41, 5.74) is 9.69. The molecule has 0 saturated carbocycles. The van der Waals surface area contributed by atoms with Gasteiger partial charge in [-0.25, -0.2) is 0 Å². The van der Waals surface area contributed by atoms with E-state index in [-0.39, 0.29) is 5.56 Å². The minimum Gasteiger partial charge on any atom is -0.482 e. The Bertz CT molecular complexity index is 1080. The molecule has 7 heteroatoms. The number of aromatic nitrogens is 1. The third kappa shape index (κ3) is 2.94. The van der Waals surface area contributed by atoms with Gasteiger partial charge in [0.2, 0.25) is 0 Å². The highest BCUT2D eigenvalue weighted by Gasteiger charge is 2.30. The van der Waals surface area contributed by atoms with Crippen molar-refractivity contribution < 1.29 is 4.74 Å². The average molecular weight is 402 g/mol. The van der Waals surface area contributed by atoms with Crippen molar-refractivity contribution in [3.8, 4) is 0 Å². The number of hydrogen-bond donors (Lipinski definition) is 3. The van der Waals surface area contributed by atoms with E-state index < -0.39 is 5.50 Å². The molecule has 2 aromatic heterocycles. The fourth-order valence-electron chi connectivity index (χ4n) is 3.45. The number of benzene rings is 1. The largest absolute Gasteiger partial charge is 0.482 e. The number of nitrogens with two attached hydrogens (primary N) is 1. The number of methoxy groups -OCH3 is 1. The lowest BCUT2D eigenvalue weighted by molar-refractivity contribution is 0.258. The maximum absolute atomic E-state index is 12.4. The van der Waals surface area contributed by atoms with E-state index in [1.54, 1.807) is 7.11 Å². The normalized spacial score (nSPS) is 17.6. The van der Waals surface area contributed by atoms with E-state index >= 15 is 0 Å². The van der Waals surface area contributed by atoms with Gasteiger partial charge in [0.05, 0.1) is 18.4 Å². The molecule has 0 fully saturated rings. The molecule has 0 saturated heterocycles. The van der Waals surface area contributed by atoms with Gasteiger partial charge in [-0.1, -0.05) is 42.8 Å². The second kappa shape index (κ2) is 7.03. The van der Waals surface area contributed by atoms with Crippen LogP contribution in [0.1, 0.15) is 40.7 Å². The minimum absolute atomic E-state index is 0.126. The number of pyridine rings is 1. The summed E-state index contributed by atoms with van der Waals surface area (Å²) in [6, 6.07) is 10.2. The second-order valence-electron chi connectivity index (χ2n) is 6.58. The van der Waals surface area contributed by atoms with Crippen LogP contribution in [-0.2, 0) is 4.74 Å². The topological polar surface area (TPSA) is 80.1 Å². The molecule has 0 aliphatic carbocycles. The summed E-state index contributed by atoms with van der Waals surface area (Å²) in [6.45, 7) is 2.70. The molecule has 0 spiro atoms. The molecular weight excluding hydrogens is 382 g/mol. The zero-order valence-electron chi connectivity index (χ0n) is 15.0. The van der Waals surface area contributed by atoms with Crippen molar-refractivity contribution in [1.29, 1.82) is 0 Å². The van der Waals surface area contributed by atoms with Gasteiger partial charge in [0, 0.05) is 10.9 Å². The first-order valence-corrected chi connectivity index (χ1v) is 9.99. The Balaban J connectivity index is 1.97. The fraction of sp³-hybridized carbons (Fsp3) is 0.250. The Kier molecular flexibility index (Phi) is 4.72. The van der Waals surface area contributed by atoms with Crippen molar-refractivity contribution >= 4 is 38.6 Å². The molecule has 4 rings (SSSR count). The predicted octanol–water partition coefficient (Wildman–Crippen LogP) is 3.86. The van der Waals surface area contributed by atoms with Crippen molar-refractivity contribution in [2.45, 2.75) is 18.3 Å². The standard InChI is InChI=1S/C20H20ClN3O2S/c1-10(9-22)11-3-5-12(6-4-11)14-15-13-7-8-27-17(13)19(25)23-16(15)18(21)24-20(14)26-2/h3-8,10,18,24H,9,22H2,1-2H3,(H,23,25). The number of thiophene rings is 1. The van der Waals surface area contributed by atoms with Crippen molar-refractivity contribution in [1.82, 2.24) is 10.3 Å². The summed E-state index contributed by atoms with van der Waals surface area (Å²) in [7, 11) is 1.61. The molecule has 1 aliphatic rings. The first-order valence-electron chi connectivity index (χ1n) is 8.68. The van der Waals surface area contributed by atoms with Crippen LogP contribution < -0.4 is 16.6 Å². The van der Waals surface area contributed by atoms with Crippen LogP contribution in [-0.4, -0.2) is 18.6 Å². The molecule has 0 amide bonds. The van der Waals surface area contributed by atoms with Gasteiger partial charge in [0.1, 0.15) is 10.2 Å². The molecule has 1 aliphatic heterocycles. The van der Waals surface area contributed by atoms with Gasteiger partial charge in [0.15, 0.2) is 5.88 Å². The van der Waals surface area contributed by atoms with Crippen LogP contribution >= 0.6 is 22.9 Å². The smallest absolute Gasteiger partial charge is 0.266 e. The van der Waals surface area contributed by atoms with Crippen molar-refractivity contribution in [3.63, 3.8) is 0 Å². The molecule has 4 N–H and O–H groups in total. The molecule has 0 radical (unpaired) electrons.